The number of nitrogens with zero attached hydrogens (tertiary/aromatic N) is 2. The average molecular weight is 340 g/mol. The molecule has 0 aliphatic heterocycles. The number of hydrogen-bond acceptors (Lipinski definition) is 5. The van der Waals surface area contributed by atoms with Crippen molar-refractivity contribution in [3.05, 3.63) is 45.9 Å². The molecule has 0 spiro atoms. The Morgan fingerprint density at radius 3 is 2.80 bits per heavy atom. The van der Waals surface area contributed by atoms with Crippen LogP contribution in [0.2, 0.25) is 0 Å². The number of amides is 1. The molecule has 0 radical (unpaired) electrons. The number of hydrazine groups is 1. The summed E-state index contributed by atoms with van der Waals surface area (Å²) in [5.74, 6) is 3.83. The van der Waals surface area contributed by atoms with Gasteiger partial charge in [0.1, 0.15) is 5.82 Å². The Bertz CT molecular complexity index is 664. The van der Waals surface area contributed by atoms with Gasteiger partial charge in [0.2, 0.25) is 0 Å². The fourth-order valence-corrected chi connectivity index (χ4v) is 2.01. The van der Waals surface area contributed by atoms with Crippen molar-refractivity contribution < 1.29 is 9.18 Å². The highest BCUT2D eigenvalue weighted by molar-refractivity contribution is 9.10. The van der Waals surface area contributed by atoms with E-state index in [9.17, 15) is 9.18 Å². The molecule has 0 aromatic carbocycles. The first-order valence-electron chi connectivity index (χ1n) is 5.57. The smallest absolute Gasteiger partial charge is 0.260 e. The quantitative estimate of drug-likeness (QED) is 0.589. The van der Waals surface area contributed by atoms with Gasteiger partial charge in [0.25, 0.3) is 5.91 Å². The summed E-state index contributed by atoms with van der Waals surface area (Å²) in [6.45, 7) is 1.78. The van der Waals surface area contributed by atoms with E-state index in [4.69, 9.17) is 5.84 Å². The molecule has 0 aliphatic rings. The number of halogens is 2. The third-order valence-electron chi connectivity index (χ3n) is 2.55. The second-order valence-corrected chi connectivity index (χ2v) is 4.85. The van der Waals surface area contributed by atoms with Gasteiger partial charge in [-0.1, -0.05) is 0 Å². The van der Waals surface area contributed by atoms with Crippen LogP contribution in [0.4, 0.5) is 16.0 Å². The van der Waals surface area contributed by atoms with Crippen LogP contribution in [-0.4, -0.2) is 15.9 Å². The van der Waals surface area contributed by atoms with Crippen molar-refractivity contribution in [2.24, 2.45) is 5.84 Å². The van der Waals surface area contributed by atoms with Gasteiger partial charge in [0.05, 0.1) is 5.56 Å². The third kappa shape index (κ3) is 2.91. The van der Waals surface area contributed by atoms with Gasteiger partial charge < -0.3 is 10.7 Å². The Morgan fingerprint density at radius 1 is 1.40 bits per heavy atom. The fourth-order valence-electron chi connectivity index (χ4n) is 1.57. The van der Waals surface area contributed by atoms with Gasteiger partial charge in [-0.05, 0) is 40.5 Å². The largest absolute Gasteiger partial charge is 0.306 e. The fraction of sp³-hybridized carbons (Fsp3) is 0.0833. The number of anilines is 2. The molecule has 0 fully saturated rings. The van der Waals surface area contributed by atoms with E-state index in [0.29, 0.717) is 5.82 Å². The number of hydrogen-bond donors (Lipinski definition) is 3. The number of carbonyl (C=O) groups is 1. The van der Waals surface area contributed by atoms with Gasteiger partial charge in [-0.15, -0.1) is 0 Å². The van der Waals surface area contributed by atoms with Crippen LogP contribution in [0.3, 0.4) is 0 Å². The number of aryl methyl sites for hydroxylation is 1. The molecule has 6 nitrogen and oxygen atoms in total. The minimum atomic E-state index is -0.817. The standard InChI is InChI=1S/C12H11BrFN5O/c1-6-4-7(13)5-17-10(6)18-12(20)8-2-3-16-11(19-15)9(8)14/h2-5H,15H2,1H3,(H,16,19)(H,17,18,20). The van der Waals surface area contributed by atoms with Crippen LogP contribution in [-0.2, 0) is 0 Å². The summed E-state index contributed by atoms with van der Waals surface area (Å²) in [4.78, 5) is 19.8. The molecule has 0 unspecified atom stereocenters. The van der Waals surface area contributed by atoms with E-state index in [2.05, 4.69) is 36.6 Å². The lowest BCUT2D eigenvalue weighted by molar-refractivity contribution is 0.102. The van der Waals surface area contributed by atoms with Crippen LogP contribution in [0.15, 0.2) is 29.0 Å². The van der Waals surface area contributed by atoms with Gasteiger partial charge in [-0.2, -0.15) is 0 Å². The first-order valence-corrected chi connectivity index (χ1v) is 6.37. The Hall–Kier alpha value is -2.06. The summed E-state index contributed by atoms with van der Waals surface area (Å²) in [6.07, 6.45) is 2.83. The molecule has 2 heterocycles. The number of carbonyl (C=O) groups excluding carboxylic acids is 1. The number of nitrogens with one attached hydrogen (secondary N) is 2. The molecule has 4 N–H and O–H groups in total. The molecule has 2 aromatic rings. The summed E-state index contributed by atoms with van der Waals surface area (Å²) in [5.41, 5.74) is 2.67. The maximum atomic E-state index is 13.9. The van der Waals surface area contributed by atoms with Crippen LogP contribution in [0, 0.1) is 12.7 Å². The molecule has 104 valence electrons. The van der Waals surface area contributed by atoms with E-state index < -0.39 is 11.7 Å². The Kier molecular flexibility index (Phi) is 4.26. The monoisotopic (exact) mass is 339 g/mol. The molecule has 8 heteroatoms. The molecule has 0 saturated heterocycles. The van der Waals surface area contributed by atoms with Crippen LogP contribution >= 0.6 is 15.9 Å². The van der Waals surface area contributed by atoms with Crippen LogP contribution in [0.1, 0.15) is 15.9 Å². The van der Waals surface area contributed by atoms with E-state index in [0.717, 1.165) is 10.0 Å². The highest BCUT2D eigenvalue weighted by Crippen LogP contribution is 2.19. The summed E-state index contributed by atoms with van der Waals surface area (Å²) in [5, 5.41) is 2.54. The Balaban J connectivity index is 2.28. The van der Waals surface area contributed by atoms with Crippen molar-refractivity contribution >= 4 is 33.5 Å². The van der Waals surface area contributed by atoms with E-state index in [-0.39, 0.29) is 11.4 Å². The molecule has 0 atom stereocenters. The highest BCUT2D eigenvalue weighted by atomic mass is 79.9. The van der Waals surface area contributed by atoms with Crippen molar-refractivity contribution in [3.8, 4) is 0 Å². The number of aromatic nitrogens is 2. The zero-order valence-corrected chi connectivity index (χ0v) is 12.0. The van der Waals surface area contributed by atoms with Gasteiger partial charge in [0, 0.05) is 16.9 Å². The number of nitrogen functional groups attached to an aromatic ring is 1. The molecular weight excluding hydrogens is 329 g/mol. The normalized spacial score (nSPS) is 10.2. The van der Waals surface area contributed by atoms with Crippen LogP contribution in [0.25, 0.3) is 0 Å². The van der Waals surface area contributed by atoms with E-state index >= 15 is 0 Å². The minimum absolute atomic E-state index is 0.169. The van der Waals surface area contributed by atoms with Crippen molar-refractivity contribution in [2.75, 3.05) is 10.7 Å². The molecule has 0 aliphatic carbocycles. The molecule has 2 aromatic heterocycles. The van der Waals surface area contributed by atoms with Crippen LogP contribution < -0.4 is 16.6 Å². The molecule has 0 saturated carbocycles. The lowest BCUT2D eigenvalue weighted by atomic mass is 10.2. The SMILES string of the molecule is Cc1cc(Br)cnc1NC(=O)c1ccnc(NN)c1F. The molecular formula is C12H11BrFN5O. The van der Waals surface area contributed by atoms with Gasteiger partial charge in [0.15, 0.2) is 11.6 Å². The molecule has 1 amide bonds. The Morgan fingerprint density at radius 2 is 2.15 bits per heavy atom. The number of nitrogens with two attached hydrogens (primary N) is 1. The summed E-state index contributed by atoms with van der Waals surface area (Å²) in [6, 6.07) is 3.05. The van der Waals surface area contributed by atoms with Crippen molar-refractivity contribution in [3.63, 3.8) is 0 Å². The molecule has 2 rings (SSSR count). The number of pyridine rings is 2. The molecule has 0 bridgehead atoms. The zero-order chi connectivity index (χ0) is 14.7. The van der Waals surface area contributed by atoms with Crippen molar-refractivity contribution in [2.45, 2.75) is 6.92 Å². The van der Waals surface area contributed by atoms with Gasteiger partial charge in [-0.25, -0.2) is 20.2 Å². The average Bonchev–Trinajstić information content (AvgIpc) is 2.42. The minimum Gasteiger partial charge on any atom is -0.306 e. The second kappa shape index (κ2) is 5.93. The maximum absolute atomic E-state index is 13.9. The summed E-state index contributed by atoms with van der Waals surface area (Å²) in [7, 11) is 0. The van der Waals surface area contributed by atoms with Gasteiger partial charge in [-0.3, -0.25) is 4.79 Å². The molecule has 20 heavy (non-hydrogen) atoms. The van der Waals surface area contributed by atoms with Gasteiger partial charge >= 0.3 is 0 Å². The number of rotatable bonds is 3. The first kappa shape index (κ1) is 14.4. The maximum Gasteiger partial charge on any atom is 0.260 e. The van der Waals surface area contributed by atoms with E-state index in [1.807, 2.05) is 0 Å². The zero-order valence-electron chi connectivity index (χ0n) is 10.4. The topological polar surface area (TPSA) is 92.9 Å². The van der Waals surface area contributed by atoms with Crippen molar-refractivity contribution in [1.29, 1.82) is 0 Å². The van der Waals surface area contributed by atoms with E-state index in [1.54, 1.807) is 19.2 Å². The summed E-state index contributed by atoms with van der Waals surface area (Å²) < 4.78 is 14.7. The third-order valence-corrected chi connectivity index (χ3v) is 2.98. The predicted molar refractivity (Wildman–Crippen MR) is 76.6 cm³/mol. The van der Waals surface area contributed by atoms with Crippen LogP contribution in [0.5, 0.6) is 0 Å². The second-order valence-electron chi connectivity index (χ2n) is 3.94. The lowest BCUT2D eigenvalue weighted by Crippen LogP contribution is -2.18. The lowest BCUT2D eigenvalue weighted by Gasteiger charge is -2.09. The first-order chi connectivity index (χ1) is 9.52. The summed E-state index contributed by atoms with van der Waals surface area (Å²) >= 11 is 3.27. The van der Waals surface area contributed by atoms with Crippen molar-refractivity contribution in [1.82, 2.24) is 9.97 Å². The Labute approximate surface area is 122 Å². The van der Waals surface area contributed by atoms with E-state index in [1.165, 1.54) is 12.3 Å². The predicted octanol–water partition coefficient (Wildman–Crippen LogP) is 2.22. The highest BCUT2D eigenvalue weighted by Gasteiger charge is 2.16.